The average Bonchev–Trinajstić information content (AvgIpc) is 2.36. The Kier molecular flexibility index (Phi) is 10.8. The van der Waals surface area contributed by atoms with Crippen LogP contribution in [0.4, 0.5) is 0 Å². The number of ether oxygens (including phenoxy) is 1. The van der Waals surface area contributed by atoms with Crippen molar-refractivity contribution < 1.29 is 9.53 Å². The van der Waals surface area contributed by atoms with Gasteiger partial charge in [0, 0.05) is 6.08 Å². The fraction of sp³-hybridized carbons (Fsp3) is 0.812. The Hall–Kier alpha value is -0.790. The number of carbonyl (C=O) groups is 1. The number of rotatable bonds is 11. The van der Waals surface area contributed by atoms with Crippen LogP contribution in [0.3, 0.4) is 0 Å². The summed E-state index contributed by atoms with van der Waals surface area (Å²) in [5.41, 5.74) is 0. The zero-order valence-corrected chi connectivity index (χ0v) is 12.4. The van der Waals surface area contributed by atoms with Crippen molar-refractivity contribution >= 4 is 5.97 Å². The van der Waals surface area contributed by atoms with Gasteiger partial charge < -0.3 is 4.74 Å². The van der Waals surface area contributed by atoms with E-state index in [1.807, 2.05) is 0 Å². The van der Waals surface area contributed by atoms with Crippen LogP contribution >= 0.6 is 0 Å². The first-order valence-electron chi connectivity index (χ1n) is 7.43. The average molecular weight is 254 g/mol. The van der Waals surface area contributed by atoms with Crippen LogP contribution in [0, 0.1) is 11.8 Å². The highest BCUT2D eigenvalue weighted by molar-refractivity contribution is 5.81. The molecule has 106 valence electrons. The maximum atomic E-state index is 11.0. The molecule has 2 atom stereocenters. The molecule has 0 fully saturated rings. The van der Waals surface area contributed by atoms with Crippen LogP contribution in [0.1, 0.15) is 65.7 Å². The van der Waals surface area contributed by atoms with Crippen LogP contribution in [0.2, 0.25) is 0 Å². The largest absolute Gasteiger partial charge is 0.462 e. The van der Waals surface area contributed by atoms with Gasteiger partial charge in [0.1, 0.15) is 0 Å². The molecule has 0 aromatic heterocycles. The highest BCUT2D eigenvalue weighted by Gasteiger charge is 2.13. The lowest BCUT2D eigenvalue weighted by Crippen LogP contribution is -2.14. The van der Waals surface area contributed by atoms with Crippen molar-refractivity contribution in [1.82, 2.24) is 0 Å². The lowest BCUT2D eigenvalue weighted by atomic mass is 9.88. The highest BCUT2D eigenvalue weighted by Crippen LogP contribution is 2.23. The first-order chi connectivity index (χ1) is 8.63. The van der Waals surface area contributed by atoms with Gasteiger partial charge in [0.2, 0.25) is 0 Å². The summed E-state index contributed by atoms with van der Waals surface area (Å²) in [5.74, 6) is 0.936. The molecule has 0 radical (unpaired) electrons. The molecule has 0 N–H and O–H groups in total. The van der Waals surface area contributed by atoms with E-state index in [1.54, 1.807) is 0 Å². The molecule has 0 spiro atoms. The lowest BCUT2D eigenvalue weighted by Gasteiger charge is -2.20. The minimum atomic E-state index is -0.306. The van der Waals surface area contributed by atoms with Crippen LogP contribution in [-0.2, 0) is 9.53 Å². The predicted octanol–water partition coefficient (Wildman–Crippen LogP) is 4.74. The fourth-order valence-electron chi connectivity index (χ4n) is 2.39. The van der Waals surface area contributed by atoms with Crippen molar-refractivity contribution in [3.63, 3.8) is 0 Å². The van der Waals surface area contributed by atoms with E-state index < -0.39 is 0 Å². The van der Waals surface area contributed by atoms with E-state index in [4.69, 9.17) is 4.74 Å². The minimum absolute atomic E-state index is 0.306. The Morgan fingerprint density at radius 2 is 1.94 bits per heavy atom. The van der Waals surface area contributed by atoms with Crippen LogP contribution < -0.4 is 0 Å². The van der Waals surface area contributed by atoms with Gasteiger partial charge in [0.15, 0.2) is 0 Å². The molecule has 2 unspecified atom stereocenters. The molecular weight excluding hydrogens is 224 g/mol. The smallest absolute Gasteiger partial charge is 0.330 e. The van der Waals surface area contributed by atoms with E-state index in [2.05, 4.69) is 27.4 Å². The second-order valence-electron chi connectivity index (χ2n) is 5.33. The second-order valence-corrected chi connectivity index (χ2v) is 5.33. The van der Waals surface area contributed by atoms with E-state index >= 15 is 0 Å². The molecular formula is C16H30O2. The van der Waals surface area contributed by atoms with E-state index in [1.165, 1.54) is 51.0 Å². The van der Waals surface area contributed by atoms with Gasteiger partial charge in [-0.05, 0) is 18.3 Å². The zero-order valence-electron chi connectivity index (χ0n) is 12.4. The maximum Gasteiger partial charge on any atom is 0.330 e. The van der Waals surface area contributed by atoms with Crippen LogP contribution in [0.15, 0.2) is 12.7 Å². The van der Waals surface area contributed by atoms with E-state index in [0.717, 1.165) is 5.92 Å². The number of carbonyl (C=O) groups excluding carboxylic acids is 1. The summed E-state index contributed by atoms with van der Waals surface area (Å²) >= 11 is 0. The topological polar surface area (TPSA) is 26.3 Å². The molecule has 0 saturated heterocycles. The molecule has 0 amide bonds. The number of hydrogen-bond acceptors (Lipinski definition) is 2. The van der Waals surface area contributed by atoms with E-state index in [9.17, 15) is 4.79 Å². The molecule has 0 bridgehead atoms. The molecule has 18 heavy (non-hydrogen) atoms. The predicted molar refractivity (Wildman–Crippen MR) is 77.5 cm³/mol. The highest BCUT2D eigenvalue weighted by atomic mass is 16.5. The molecule has 0 aliphatic heterocycles. The zero-order chi connectivity index (χ0) is 13.8. The summed E-state index contributed by atoms with van der Waals surface area (Å²) in [6, 6.07) is 0. The summed E-state index contributed by atoms with van der Waals surface area (Å²) in [7, 11) is 0. The third-order valence-electron chi connectivity index (χ3n) is 3.33. The Bertz CT molecular complexity index is 223. The normalized spacial score (nSPS) is 13.9. The summed E-state index contributed by atoms with van der Waals surface area (Å²) < 4.78 is 5.10. The molecule has 0 aliphatic rings. The Labute approximate surface area is 113 Å². The molecule has 2 nitrogen and oxygen atoms in total. The molecule has 0 aromatic rings. The Morgan fingerprint density at radius 3 is 2.50 bits per heavy atom. The van der Waals surface area contributed by atoms with Crippen molar-refractivity contribution in [2.24, 2.45) is 11.8 Å². The number of esters is 1. The summed E-state index contributed by atoms with van der Waals surface area (Å²) in [4.78, 5) is 11.0. The Balaban J connectivity index is 3.89. The number of unbranched alkanes of at least 4 members (excludes halogenated alkanes) is 2. The standard InChI is InChI=1S/C16H30O2/c1-5-8-9-11-15(10-6-2)12-14(4)13-18-16(17)7-3/h7,14-15H,3,5-6,8-13H2,1-2,4H3. The first kappa shape index (κ1) is 17.2. The van der Waals surface area contributed by atoms with Gasteiger partial charge >= 0.3 is 5.97 Å². The van der Waals surface area contributed by atoms with Crippen molar-refractivity contribution in [3.8, 4) is 0 Å². The Morgan fingerprint density at radius 1 is 1.22 bits per heavy atom. The third-order valence-corrected chi connectivity index (χ3v) is 3.33. The molecule has 2 heteroatoms. The van der Waals surface area contributed by atoms with Gasteiger partial charge in [-0.25, -0.2) is 4.79 Å². The summed E-state index contributed by atoms with van der Waals surface area (Å²) in [5, 5.41) is 0. The first-order valence-corrected chi connectivity index (χ1v) is 7.43. The van der Waals surface area contributed by atoms with E-state index in [-0.39, 0.29) is 5.97 Å². The summed E-state index contributed by atoms with van der Waals surface area (Å²) in [6.07, 6.45) is 10.2. The van der Waals surface area contributed by atoms with Crippen molar-refractivity contribution in [2.45, 2.75) is 65.7 Å². The molecule has 0 aromatic carbocycles. The SMILES string of the molecule is C=CC(=O)OCC(C)CC(CCC)CCCCC. The van der Waals surface area contributed by atoms with Crippen molar-refractivity contribution in [1.29, 1.82) is 0 Å². The second kappa shape index (κ2) is 11.3. The molecule has 0 rings (SSSR count). The van der Waals surface area contributed by atoms with Crippen molar-refractivity contribution in [2.75, 3.05) is 6.61 Å². The monoisotopic (exact) mass is 254 g/mol. The number of hydrogen-bond donors (Lipinski definition) is 0. The molecule has 0 aliphatic carbocycles. The van der Waals surface area contributed by atoms with Gasteiger partial charge in [0.25, 0.3) is 0 Å². The van der Waals surface area contributed by atoms with Crippen LogP contribution in [0.25, 0.3) is 0 Å². The maximum absolute atomic E-state index is 11.0. The van der Waals surface area contributed by atoms with Gasteiger partial charge in [-0.3, -0.25) is 0 Å². The molecule has 0 saturated carbocycles. The third kappa shape index (κ3) is 9.26. The van der Waals surface area contributed by atoms with Gasteiger partial charge in [-0.15, -0.1) is 0 Å². The molecule has 0 heterocycles. The quantitative estimate of drug-likeness (QED) is 0.302. The summed E-state index contributed by atoms with van der Waals surface area (Å²) in [6.45, 7) is 10.6. The van der Waals surface area contributed by atoms with Crippen LogP contribution in [-0.4, -0.2) is 12.6 Å². The van der Waals surface area contributed by atoms with Gasteiger partial charge in [0.05, 0.1) is 6.61 Å². The van der Waals surface area contributed by atoms with E-state index in [0.29, 0.717) is 12.5 Å². The van der Waals surface area contributed by atoms with Crippen molar-refractivity contribution in [3.05, 3.63) is 12.7 Å². The van der Waals surface area contributed by atoms with Gasteiger partial charge in [-0.2, -0.15) is 0 Å². The lowest BCUT2D eigenvalue weighted by molar-refractivity contribution is -0.139. The van der Waals surface area contributed by atoms with Gasteiger partial charge in [-0.1, -0.05) is 65.9 Å². The minimum Gasteiger partial charge on any atom is -0.462 e. The fourth-order valence-corrected chi connectivity index (χ4v) is 2.39. The van der Waals surface area contributed by atoms with Crippen LogP contribution in [0.5, 0.6) is 0 Å².